The highest BCUT2D eigenvalue weighted by molar-refractivity contribution is 6.00. The highest BCUT2D eigenvalue weighted by atomic mass is 16.1. The van der Waals surface area contributed by atoms with Gasteiger partial charge in [0.25, 0.3) is 0 Å². The third-order valence-electron chi connectivity index (χ3n) is 7.45. The van der Waals surface area contributed by atoms with Crippen molar-refractivity contribution < 1.29 is 9.59 Å². The molecule has 1 spiro atoms. The van der Waals surface area contributed by atoms with Gasteiger partial charge in [0.15, 0.2) is 11.6 Å². The van der Waals surface area contributed by atoms with Crippen molar-refractivity contribution in [3.8, 4) is 0 Å². The molecule has 0 radical (unpaired) electrons. The van der Waals surface area contributed by atoms with Crippen LogP contribution in [-0.2, 0) is 38.5 Å². The molecule has 0 N–H and O–H groups in total. The largest absolute Gasteiger partial charge is 0.294 e. The topological polar surface area (TPSA) is 34.1 Å². The molecule has 0 unspecified atom stereocenters. The molecule has 0 fully saturated rings. The van der Waals surface area contributed by atoms with Crippen molar-refractivity contribution in [2.45, 2.75) is 64.2 Å². The number of fused-ring (bicyclic) bond motifs is 5. The molecule has 27 heavy (non-hydrogen) atoms. The first kappa shape index (κ1) is 15.8. The smallest absolute Gasteiger partial charge is 0.163 e. The first-order chi connectivity index (χ1) is 13.1. The van der Waals surface area contributed by atoms with Crippen LogP contribution < -0.4 is 0 Å². The van der Waals surface area contributed by atoms with Crippen molar-refractivity contribution in [2.75, 3.05) is 0 Å². The van der Waals surface area contributed by atoms with E-state index in [2.05, 4.69) is 24.3 Å². The average Bonchev–Trinajstić information content (AvgIpc) is 3.18. The summed E-state index contributed by atoms with van der Waals surface area (Å²) in [5, 5.41) is 0. The van der Waals surface area contributed by atoms with Gasteiger partial charge in [-0.05, 0) is 96.2 Å². The maximum atomic E-state index is 12.6. The van der Waals surface area contributed by atoms with Crippen LogP contribution in [0.3, 0.4) is 0 Å². The fraction of sp³-hybridized carbons (Fsp3) is 0.440. The Labute approximate surface area is 160 Å². The fourth-order valence-corrected chi connectivity index (χ4v) is 6.30. The zero-order valence-corrected chi connectivity index (χ0v) is 15.7. The SMILES string of the molecule is O=C1CCCc2cc3c(cc21)C[C@]1(C3)Cc2ccc3c(c2C1)C(=O)CCC3. The fourth-order valence-electron chi connectivity index (χ4n) is 6.30. The minimum Gasteiger partial charge on any atom is -0.294 e. The number of carbonyl (C=O) groups excluding carboxylic acids is 2. The van der Waals surface area contributed by atoms with Crippen LogP contribution in [0.15, 0.2) is 24.3 Å². The summed E-state index contributed by atoms with van der Waals surface area (Å²) in [4.78, 5) is 25.0. The molecule has 0 aliphatic heterocycles. The molecule has 0 amide bonds. The molecule has 0 heterocycles. The highest BCUT2D eigenvalue weighted by Gasteiger charge is 2.44. The number of hydrogen-bond donors (Lipinski definition) is 0. The third kappa shape index (κ3) is 2.25. The van der Waals surface area contributed by atoms with Crippen molar-refractivity contribution in [1.29, 1.82) is 0 Å². The van der Waals surface area contributed by atoms with Crippen LogP contribution in [0.1, 0.15) is 79.8 Å². The van der Waals surface area contributed by atoms with Crippen LogP contribution in [-0.4, -0.2) is 11.6 Å². The van der Waals surface area contributed by atoms with E-state index in [0.29, 0.717) is 24.4 Å². The Bertz CT molecular complexity index is 1030. The van der Waals surface area contributed by atoms with Gasteiger partial charge in [0.05, 0.1) is 0 Å². The summed E-state index contributed by atoms with van der Waals surface area (Å²) in [5.74, 6) is 0.691. The van der Waals surface area contributed by atoms with Crippen LogP contribution in [0.25, 0.3) is 0 Å². The standard InChI is InChI=1S/C25H24O2/c26-22-5-2-4-16-9-18-12-25(13-19(18)10-20(16)22)11-17-8-7-15-3-1-6-23(27)24(15)21(17)14-25/h7-10H,1-6,11-14H2/t25-/m1/s1. The molecule has 1 atom stereocenters. The van der Waals surface area contributed by atoms with Crippen LogP contribution in [0.2, 0.25) is 0 Å². The molecule has 0 saturated heterocycles. The lowest BCUT2D eigenvalue weighted by Gasteiger charge is -2.22. The van der Waals surface area contributed by atoms with Gasteiger partial charge in [-0.15, -0.1) is 0 Å². The van der Waals surface area contributed by atoms with Gasteiger partial charge in [0.2, 0.25) is 0 Å². The van der Waals surface area contributed by atoms with E-state index in [0.717, 1.165) is 62.5 Å². The molecule has 4 aliphatic carbocycles. The molecule has 136 valence electrons. The lowest BCUT2D eigenvalue weighted by atomic mass is 9.80. The summed E-state index contributed by atoms with van der Waals surface area (Å²) < 4.78 is 0. The molecule has 2 aromatic rings. The Balaban J connectivity index is 1.39. The third-order valence-corrected chi connectivity index (χ3v) is 7.45. The molecule has 2 aromatic carbocycles. The van der Waals surface area contributed by atoms with Crippen molar-refractivity contribution in [2.24, 2.45) is 5.41 Å². The second-order valence-electron chi connectivity index (χ2n) is 9.28. The Kier molecular flexibility index (Phi) is 3.16. The van der Waals surface area contributed by atoms with E-state index in [9.17, 15) is 9.59 Å². The van der Waals surface area contributed by atoms with Gasteiger partial charge in [-0.2, -0.15) is 0 Å². The van der Waals surface area contributed by atoms with Crippen LogP contribution in [0.5, 0.6) is 0 Å². The maximum Gasteiger partial charge on any atom is 0.163 e. The molecular weight excluding hydrogens is 332 g/mol. The minimum absolute atomic E-state index is 0.227. The number of Topliss-reactive ketones (excluding diaryl/α,β-unsaturated/α-hetero) is 2. The molecule has 2 heteroatoms. The van der Waals surface area contributed by atoms with Gasteiger partial charge in [0.1, 0.15) is 0 Å². The predicted molar refractivity (Wildman–Crippen MR) is 105 cm³/mol. The van der Waals surface area contributed by atoms with Crippen LogP contribution >= 0.6 is 0 Å². The zero-order chi connectivity index (χ0) is 18.2. The molecule has 4 aliphatic rings. The van der Waals surface area contributed by atoms with E-state index in [1.165, 1.54) is 33.4 Å². The van der Waals surface area contributed by atoms with Crippen molar-refractivity contribution in [1.82, 2.24) is 0 Å². The molecule has 0 bridgehead atoms. The maximum absolute atomic E-state index is 12.6. The van der Waals surface area contributed by atoms with Crippen molar-refractivity contribution in [3.05, 3.63) is 68.8 Å². The number of ketones is 2. The second kappa shape index (κ2) is 5.41. The number of hydrogen-bond acceptors (Lipinski definition) is 2. The molecule has 6 rings (SSSR count). The number of carbonyl (C=O) groups is 2. The lowest BCUT2D eigenvalue weighted by Crippen LogP contribution is -2.22. The van der Waals surface area contributed by atoms with Crippen LogP contribution in [0.4, 0.5) is 0 Å². The van der Waals surface area contributed by atoms with Crippen molar-refractivity contribution >= 4 is 11.6 Å². The zero-order valence-electron chi connectivity index (χ0n) is 15.7. The van der Waals surface area contributed by atoms with Gasteiger partial charge in [-0.25, -0.2) is 0 Å². The van der Waals surface area contributed by atoms with Gasteiger partial charge < -0.3 is 0 Å². The van der Waals surface area contributed by atoms with E-state index >= 15 is 0 Å². The van der Waals surface area contributed by atoms with E-state index in [1.54, 1.807) is 0 Å². The number of benzene rings is 2. The molecule has 2 nitrogen and oxygen atoms in total. The first-order valence-corrected chi connectivity index (χ1v) is 10.5. The molecule has 0 saturated carbocycles. The van der Waals surface area contributed by atoms with Crippen LogP contribution in [0, 0.1) is 5.41 Å². The molecular formula is C25H24O2. The van der Waals surface area contributed by atoms with E-state index < -0.39 is 0 Å². The minimum atomic E-state index is 0.227. The Morgan fingerprint density at radius 2 is 1.30 bits per heavy atom. The van der Waals surface area contributed by atoms with Gasteiger partial charge in [0, 0.05) is 24.0 Å². The van der Waals surface area contributed by atoms with E-state index in [4.69, 9.17) is 0 Å². The van der Waals surface area contributed by atoms with Gasteiger partial charge >= 0.3 is 0 Å². The summed E-state index contributed by atoms with van der Waals surface area (Å²) >= 11 is 0. The van der Waals surface area contributed by atoms with Gasteiger partial charge in [-0.1, -0.05) is 18.2 Å². The van der Waals surface area contributed by atoms with E-state index in [1.807, 2.05) is 0 Å². The molecule has 0 aromatic heterocycles. The lowest BCUT2D eigenvalue weighted by molar-refractivity contribution is 0.0963. The number of aryl methyl sites for hydroxylation is 2. The first-order valence-electron chi connectivity index (χ1n) is 10.5. The average molecular weight is 356 g/mol. The predicted octanol–water partition coefficient (Wildman–Crippen LogP) is 4.61. The normalized spacial score (nSPS) is 25.3. The van der Waals surface area contributed by atoms with Crippen molar-refractivity contribution in [3.63, 3.8) is 0 Å². The Morgan fingerprint density at radius 3 is 2.15 bits per heavy atom. The summed E-state index contributed by atoms with van der Waals surface area (Å²) in [6.45, 7) is 0. The second-order valence-corrected chi connectivity index (χ2v) is 9.28. The summed E-state index contributed by atoms with van der Waals surface area (Å²) in [6.07, 6.45) is 9.78. The Morgan fingerprint density at radius 1 is 0.630 bits per heavy atom. The van der Waals surface area contributed by atoms with Gasteiger partial charge in [-0.3, -0.25) is 9.59 Å². The highest BCUT2D eigenvalue weighted by Crippen LogP contribution is 2.49. The summed E-state index contributed by atoms with van der Waals surface area (Å²) in [5.41, 5.74) is 10.4. The summed E-state index contributed by atoms with van der Waals surface area (Å²) in [7, 11) is 0. The monoisotopic (exact) mass is 356 g/mol. The Hall–Kier alpha value is -2.22. The summed E-state index contributed by atoms with van der Waals surface area (Å²) in [6, 6.07) is 9.05. The quantitative estimate of drug-likeness (QED) is 0.691. The number of rotatable bonds is 0. The van der Waals surface area contributed by atoms with E-state index in [-0.39, 0.29) is 5.41 Å².